The lowest BCUT2D eigenvalue weighted by Gasteiger charge is -2.29. The second kappa shape index (κ2) is 18.9. The van der Waals surface area contributed by atoms with Gasteiger partial charge >= 0.3 is 12.1 Å². The Bertz CT molecular complexity index is 1930. The molecule has 1 fully saturated rings. The summed E-state index contributed by atoms with van der Waals surface area (Å²) in [6.45, 7) is 8.45. The van der Waals surface area contributed by atoms with Gasteiger partial charge in [0.05, 0.1) is 26.4 Å². The first-order chi connectivity index (χ1) is 25.6. The first-order valence-electron chi connectivity index (χ1n) is 18.1. The number of aromatic amines is 1. The Kier molecular flexibility index (Phi) is 13.9. The predicted octanol–water partition coefficient (Wildman–Crippen LogP) is 6.05. The number of para-hydroxylation sites is 1. The molecule has 1 aliphatic rings. The number of nitriles is 1. The first kappa shape index (κ1) is 38.8. The Morgan fingerprint density at radius 3 is 2.42 bits per heavy atom. The van der Waals surface area contributed by atoms with Crippen molar-refractivity contribution in [1.29, 1.82) is 5.26 Å². The van der Waals surface area contributed by atoms with Crippen molar-refractivity contribution in [3.05, 3.63) is 83.6 Å². The first-order valence-corrected chi connectivity index (χ1v) is 18.1. The third-order valence-electron chi connectivity index (χ3n) is 8.70. The average Bonchev–Trinajstić information content (AvgIpc) is 3.56. The minimum atomic E-state index is -0.968. The van der Waals surface area contributed by atoms with E-state index in [1.165, 1.54) is 24.9 Å². The quantitative estimate of drug-likeness (QED) is 0.0543. The molecule has 1 saturated heterocycles. The fraction of sp³-hybridized carbons (Fsp3) is 0.415. The minimum absolute atomic E-state index is 0.0113. The van der Waals surface area contributed by atoms with Crippen molar-refractivity contribution in [3.8, 4) is 6.07 Å². The van der Waals surface area contributed by atoms with Crippen LogP contribution in [-0.2, 0) is 35.0 Å². The highest BCUT2D eigenvalue weighted by Gasteiger charge is 2.27. The van der Waals surface area contributed by atoms with Gasteiger partial charge in [0.25, 0.3) is 5.91 Å². The van der Waals surface area contributed by atoms with Gasteiger partial charge < -0.3 is 39.5 Å². The molecule has 0 bridgehead atoms. The number of alkyl carbamates (subject to hydrolysis) is 1. The summed E-state index contributed by atoms with van der Waals surface area (Å²) in [5, 5.41) is 18.1. The zero-order chi connectivity index (χ0) is 37.6. The number of carbonyl (C=O) groups excluding carboxylic acids is 3. The third kappa shape index (κ3) is 11.8. The zero-order valence-electron chi connectivity index (χ0n) is 30.7. The van der Waals surface area contributed by atoms with Crippen molar-refractivity contribution in [2.45, 2.75) is 58.1 Å². The van der Waals surface area contributed by atoms with Crippen LogP contribution >= 0.6 is 0 Å². The summed E-state index contributed by atoms with van der Waals surface area (Å²) < 4.78 is 21.9. The molecule has 1 aliphatic heterocycles. The van der Waals surface area contributed by atoms with Crippen molar-refractivity contribution < 1.29 is 33.3 Å². The van der Waals surface area contributed by atoms with Gasteiger partial charge in [0.1, 0.15) is 29.9 Å². The van der Waals surface area contributed by atoms with E-state index in [1.807, 2.05) is 54.7 Å². The maximum atomic E-state index is 13.0. The van der Waals surface area contributed by atoms with E-state index in [0.29, 0.717) is 0 Å². The molecule has 12 heteroatoms. The summed E-state index contributed by atoms with van der Waals surface area (Å²) in [5.74, 6) is -1.08. The van der Waals surface area contributed by atoms with Crippen LogP contribution in [0.25, 0.3) is 27.8 Å². The Labute approximate surface area is 310 Å². The SMILES string of the molecule is CC(C)(C)OC(=O)N[C@@H](Cc1c[nH]c2ccccc12)C(=O)OCCOCCOCCNC(=O)/C(C#N)=C/c1ccc2cc(N3CCCCC3)ccc2c1. The van der Waals surface area contributed by atoms with Gasteiger partial charge in [-0.05, 0) is 92.3 Å². The number of piperidine rings is 1. The average molecular weight is 724 g/mol. The number of rotatable bonds is 16. The van der Waals surface area contributed by atoms with Crippen LogP contribution in [0.3, 0.4) is 0 Å². The zero-order valence-corrected chi connectivity index (χ0v) is 30.7. The summed E-state index contributed by atoms with van der Waals surface area (Å²) in [5.41, 5.74) is 3.06. The van der Waals surface area contributed by atoms with Gasteiger partial charge in [-0.2, -0.15) is 5.26 Å². The lowest BCUT2D eigenvalue weighted by molar-refractivity contribution is -0.147. The Balaban J connectivity index is 0.989. The number of esters is 1. The summed E-state index contributed by atoms with van der Waals surface area (Å²) in [7, 11) is 0. The van der Waals surface area contributed by atoms with Gasteiger partial charge in [-0.3, -0.25) is 4.79 Å². The van der Waals surface area contributed by atoms with Gasteiger partial charge in [0, 0.05) is 48.8 Å². The van der Waals surface area contributed by atoms with Crippen LogP contribution in [0.4, 0.5) is 10.5 Å². The topological polar surface area (TPSA) is 155 Å². The van der Waals surface area contributed by atoms with Crippen LogP contribution in [0.2, 0.25) is 0 Å². The Morgan fingerprint density at radius 1 is 0.925 bits per heavy atom. The van der Waals surface area contributed by atoms with Crippen molar-refractivity contribution in [2.75, 3.05) is 57.6 Å². The number of anilines is 1. The second-order valence-electron chi connectivity index (χ2n) is 13.9. The molecule has 5 rings (SSSR count). The fourth-order valence-electron chi connectivity index (χ4n) is 6.12. The van der Waals surface area contributed by atoms with Crippen molar-refractivity contribution in [1.82, 2.24) is 15.6 Å². The molecule has 2 heterocycles. The molecule has 0 spiro atoms. The third-order valence-corrected chi connectivity index (χ3v) is 8.70. The van der Waals surface area contributed by atoms with Crippen molar-refractivity contribution in [3.63, 3.8) is 0 Å². The molecule has 4 aromatic rings. The highest BCUT2D eigenvalue weighted by molar-refractivity contribution is 6.02. The summed E-state index contributed by atoms with van der Waals surface area (Å²) in [6.07, 6.45) is 6.62. The van der Waals surface area contributed by atoms with Gasteiger partial charge in [0.15, 0.2) is 0 Å². The Morgan fingerprint density at radius 2 is 1.64 bits per heavy atom. The van der Waals surface area contributed by atoms with Gasteiger partial charge in [-0.25, -0.2) is 9.59 Å². The lowest BCUT2D eigenvalue weighted by Crippen LogP contribution is -2.45. The summed E-state index contributed by atoms with van der Waals surface area (Å²) in [4.78, 5) is 43.8. The van der Waals surface area contributed by atoms with Gasteiger partial charge in [0.2, 0.25) is 0 Å². The summed E-state index contributed by atoms with van der Waals surface area (Å²) in [6, 6.07) is 21.1. The number of amides is 2. The second-order valence-corrected chi connectivity index (χ2v) is 13.9. The molecule has 0 radical (unpaired) electrons. The molecule has 280 valence electrons. The van der Waals surface area contributed by atoms with Crippen LogP contribution in [0.1, 0.15) is 51.2 Å². The van der Waals surface area contributed by atoms with Gasteiger partial charge in [-0.15, -0.1) is 0 Å². The highest BCUT2D eigenvalue weighted by Crippen LogP contribution is 2.26. The van der Waals surface area contributed by atoms with Crippen molar-refractivity contribution in [2.24, 2.45) is 0 Å². The van der Waals surface area contributed by atoms with Crippen LogP contribution in [0.5, 0.6) is 0 Å². The number of nitrogens with zero attached hydrogens (tertiary/aromatic N) is 2. The number of aromatic nitrogens is 1. The number of ether oxygens (including phenoxy) is 4. The molecule has 3 aromatic carbocycles. The molecule has 1 aromatic heterocycles. The van der Waals surface area contributed by atoms with E-state index in [-0.39, 0.29) is 51.6 Å². The fourth-order valence-corrected chi connectivity index (χ4v) is 6.12. The minimum Gasteiger partial charge on any atom is -0.462 e. The number of fused-ring (bicyclic) bond motifs is 2. The van der Waals surface area contributed by atoms with E-state index < -0.39 is 29.6 Å². The van der Waals surface area contributed by atoms with E-state index in [1.54, 1.807) is 26.8 Å². The molecule has 0 aliphatic carbocycles. The van der Waals surface area contributed by atoms with Crippen LogP contribution < -0.4 is 15.5 Å². The highest BCUT2D eigenvalue weighted by atomic mass is 16.6. The lowest BCUT2D eigenvalue weighted by atomic mass is 10.0. The number of hydrogen-bond acceptors (Lipinski definition) is 9. The largest absolute Gasteiger partial charge is 0.462 e. The molecule has 3 N–H and O–H groups in total. The molecule has 53 heavy (non-hydrogen) atoms. The monoisotopic (exact) mass is 723 g/mol. The number of carbonyl (C=O) groups is 3. The van der Waals surface area contributed by atoms with Gasteiger partial charge in [-0.1, -0.05) is 36.4 Å². The number of benzene rings is 3. The standard InChI is InChI=1S/C41H49N5O7/c1-41(2,3)53-40(49)45-37(26-33-28-44-36-10-6-5-9-35(33)36)39(48)52-22-21-51-20-19-50-18-15-43-38(47)32(27-42)24-29-11-12-31-25-34(14-13-30(31)23-29)46-16-7-4-8-17-46/h5-6,9-14,23-25,28,37,44H,4,7-8,15-22,26H2,1-3H3,(H,43,47)(H,45,49)/b32-24+/t37-/m0/s1. The molecule has 2 amide bonds. The number of hydrogen-bond donors (Lipinski definition) is 3. The van der Waals surface area contributed by atoms with E-state index in [0.717, 1.165) is 45.9 Å². The number of nitrogens with one attached hydrogen (secondary N) is 3. The summed E-state index contributed by atoms with van der Waals surface area (Å²) >= 11 is 0. The molecule has 0 unspecified atom stereocenters. The van der Waals surface area contributed by atoms with Crippen molar-refractivity contribution >= 4 is 51.4 Å². The Hall–Kier alpha value is -5.38. The van der Waals surface area contributed by atoms with E-state index in [2.05, 4.69) is 38.7 Å². The van der Waals surface area contributed by atoms with Crippen LogP contribution in [0.15, 0.2) is 72.4 Å². The maximum absolute atomic E-state index is 13.0. The maximum Gasteiger partial charge on any atom is 0.408 e. The van der Waals surface area contributed by atoms with Crippen LogP contribution in [-0.4, -0.2) is 87.3 Å². The van der Waals surface area contributed by atoms with E-state index in [4.69, 9.17) is 18.9 Å². The van der Waals surface area contributed by atoms with E-state index >= 15 is 0 Å². The molecular weight excluding hydrogens is 674 g/mol. The molecule has 12 nitrogen and oxygen atoms in total. The molecular formula is C41H49N5O7. The smallest absolute Gasteiger partial charge is 0.408 e. The van der Waals surface area contributed by atoms with E-state index in [9.17, 15) is 19.6 Å². The van der Waals surface area contributed by atoms with Crippen LogP contribution in [0, 0.1) is 11.3 Å². The number of H-pyrrole nitrogens is 1. The molecule has 1 atom stereocenters. The molecule has 0 saturated carbocycles. The predicted molar refractivity (Wildman–Crippen MR) is 204 cm³/mol. The normalized spacial score (nSPS) is 14.1.